The van der Waals surface area contributed by atoms with E-state index in [1.54, 1.807) is 4.90 Å². The van der Waals surface area contributed by atoms with Crippen LogP contribution in [0.1, 0.15) is 56.1 Å². The minimum absolute atomic E-state index is 0.0334. The standard InChI is InChI=1S/C27H32N2O5/c1-2-18-8-7-15-29(16-18)26(32)24(13-14-25(30)31)28-27(33)34-17-23-21-11-5-3-9-19(21)20-10-4-6-12-22(20)23/h3-6,9-12,18,23-24H,2,7-8,13-17H2,1H3,(H,28,33)(H,30,31). The highest BCUT2D eigenvalue weighted by Gasteiger charge is 2.32. The number of aliphatic carboxylic acids is 1. The monoisotopic (exact) mass is 464 g/mol. The van der Waals surface area contributed by atoms with Gasteiger partial charge in [-0.1, -0.05) is 61.9 Å². The van der Waals surface area contributed by atoms with Gasteiger partial charge < -0.3 is 20.1 Å². The molecule has 1 heterocycles. The first-order chi connectivity index (χ1) is 16.5. The Bertz CT molecular complexity index is 1010. The van der Waals surface area contributed by atoms with Gasteiger partial charge in [-0.05, 0) is 47.4 Å². The summed E-state index contributed by atoms with van der Waals surface area (Å²) in [6, 6.07) is 15.2. The third-order valence-electron chi connectivity index (χ3n) is 6.99. The molecule has 0 aromatic heterocycles. The van der Waals surface area contributed by atoms with Crippen molar-refractivity contribution in [2.45, 2.75) is 51.0 Å². The van der Waals surface area contributed by atoms with Crippen LogP contribution in [0.5, 0.6) is 0 Å². The van der Waals surface area contributed by atoms with Gasteiger partial charge in [0.05, 0.1) is 0 Å². The average molecular weight is 465 g/mol. The van der Waals surface area contributed by atoms with Gasteiger partial charge in [-0.25, -0.2) is 4.79 Å². The molecule has 2 amide bonds. The maximum atomic E-state index is 13.2. The lowest BCUT2D eigenvalue weighted by Gasteiger charge is -2.34. The summed E-state index contributed by atoms with van der Waals surface area (Å²) >= 11 is 0. The number of nitrogens with one attached hydrogen (secondary N) is 1. The maximum absolute atomic E-state index is 13.2. The summed E-state index contributed by atoms with van der Waals surface area (Å²) in [4.78, 5) is 38.8. The highest BCUT2D eigenvalue weighted by molar-refractivity contribution is 5.86. The number of ether oxygens (including phenoxy) is 1. The van der Waals surface area contributed by atoms with Crippen LogP contribution in [-0.4, -0.2) is 53.7 Å². The number of benzene rings is 2. The second-order valence-electron chi connectivity index (χ2n) is 9.16. The minimum Gasteiger partial charge on any atom is -0.481 e. The normalized spacial score (nSPS) is 18.0. The van der Waals surface area contributed by atoms with Crippen molar-refractivity contribution < 1.29 is 24.2 Å². The Kier molecular flexibility index (Phi) is 7.50. The van der Waals surface area contributed by atoms with Crippen LogP contribution in [0.2, 0.25) is 0 Å². The topological polar surface area (TPSA) is 95.9 Å². The second kappa shape index (κ2) is 10.7. The molecular formula is C27H32N2O5. The third kappa shape index (κ3) is 5.24. The number of piperidine rings is 1. The van der Waals surface area contributed by atoms with Crippen molar-refractivity contribution >= 4 is 18.0 Å². The van der Waals surface area contributed by atoms with E-state index in [9.17, 15) is 14.4 Å². The van der Waals surface area contributed by atoms with Gasteiger partial charge in [0, 0.05) is 25.4 Å². The largest absolute Gasteiger partial charge is 0.481 e. The molecule has 7 nitrogen and oxygen atoms in total. The summed E-state index contributed by atoms with van der Waals surface area (Å²) < 4.78 is 5.59. The Morgan fingerprint density at radius 1 is 1.09 bits per heavy atom. The molecule has 0 saturated carbocycles. The lowest BCUT2D eigenvalue weighted by Crippen LogP contribution is -2.51. The summed E-state index contributed by atoms with van der Waals surface area (Å²) in [7, 11) is 0. The van der Waals surface area contributed by atoms with E-state index in [1.807, 2.05) is 36.4 Å². The molecular weight excluding hydrogens is 432 g/mol. The smallest absolute Gasteiger partial charge is 0.407 e. The zero-order valence-corrected chi connectivity index (χ0v) is 19.5. The molecule has 2 aromatic rings. The van der Waals surface area contributed by atoms with Crippen molar-refractivity contribution in [3.8, 4) is 11.1 Å². The summed E-state index contributed by atoms with van der Waals surface area (Å²) in [6.45, 7) is 3.52. The predicted molar refractivity (Wildman–Crippen MR) is 128 cm³/mol. The van der Waals surface area contributed by atoms with E-state index < -0.39 is 18.1 Å². The van der Waals surface area contributed by atoms with E-state index in [0.717, 1.165) is 41.5 Å². The molecule has 1 aliphatic carbocycles. The quantitative estimate of drug-likeness (QED) is 0.603. The minimum atomic E-state index is -1.00. The number of rotatable bonds is 8. The van der Waals surface area contributed by atoms with Crippen LogP contribution < -0.4 is 5.32 Å². The zero-order valence-electron chi connectivity index (χ0n) is 19.5. The summed E-state index contributed by atoms with van der Waals surface area (Å²) in [5, 5.41) is 11.8. The van der Waals surface area contributed by atoms with Crippen molar-refractivity contribution in [3.63, 3.8) is 0 Å². The third-order valence-corrected chi connectivity index (χ3v) is 6.99. The molecule has 7 heteroatoms. The Hall–Kier alpha value is -3.35. The molecule has 0 spiro atoms. The first-order valence-electron chi connectivity index (χ1n) is 12.1. The van der Waals surface area contributed by atoms with Gasteiger partial charge in [-0.3, -0.25) is 9.59 Å². The maximum Gasteiger partial charge on any atom is 0.407 e. The first-order valence-corrected chi connectivity index (χ1v) is 12.1. The van der Waals surface area contributed by atoms with Gasteiger partial charge in [-0.15, -0.1) is 0 Å². The van der Waals surface area contributed by atoms with Gasteiger partial charge in [0.1, 0.15) is 12.6 Å². The summed E-state index contributed by atoms with van der Waals surface area (Å²) in [6.07, 6.45) is 2.12. The van der Waals surface area contributed by atoms with Crippen LogP contribution in [-0.2, 0) is 14.3 Å². The number of nitrogens with zero attached hydrogens (tertiary/aromatic N) is 1. The van der Waals surface area contributed by atoms with Crippen molar-refractivity contribution in [1.82, 2.24) is 10.2 Å². The molecule has 2 N–H and O–H groups in total. The Balaban J connectivity index is 1.42. The summed E-state index contributed by atoms with van der Waals surface area (Å²) in [5.74, 6) is -0.879. The van der Waals surface area contributed by atoms with Crippen LogP contribution in [0.3, 0.4) is 0 Å². The number of carbonyl (C=O) groups is 3. The van der Waals surface area contributed by atoms with Crippen LogP contribution in [0, 0.1) is 5.92 Å². The number of fused-ring (bicyclic) bond motifs is 3. The van der Waals surface area contributed by atoms with Crippen molar-refractivity contribution in [2.75, 3.05) is 19.7 Å². The second-order valence-corrected chi connectivity index (χ2v) is 9.16. The van der Waals surface area contributed by atoms with Crippen LogP contribution in [0.15, 0.2) is 48.5 Å². The predicted octanol–water partition coefficient (Wildman–Crippen LogP) is 4.41. The molecule has 1 aliphatic heterocycles. The lowest BCUT2D eigenvalue weighted by molar-refractivity contribution is -0.138. The highest BCUT2D eigenvalue weighted by atomic mass is 16.5. The van der Waals surface area contributed by atoms with Crippen molar-refractivity contribution in [1.29, 1.82) is 0 Å². The van der Waals surface area contributed by atoms with Gasteiger partial charge in [-0.2, -0.15) is 0 Å². The number of carbonyl (C=O) groups excluding carboxylic acids is 2. The molecule has 2 unspecified atom stereocenters. The van der Waals surface area contributed by atoms with E-state index >= 15 is 0 Å². The van der Waals surface area contributed by atoms with Gasteiger partial charge in [0.2, 0.25) is 5.91 Å². The Morgan fingerprint density at radius 2 is 1.74 bits per heavy atom. The number of alkyl carbamates (subject to hydrolysis) is 1. The molecule has 0 radical (unpaired) electrons. The molecule has 2 aromatic carbocycles. The van der Waals surface area contributed by atoms with Crippen molar-refractivity contribution in [2.24, 2.45) is 5.92 Å². The fraction of sp³-hybridized carbons (Fsp3) is 0.444. The molecule has 180 valence electrons. The number of carboxylic acid groups (broad SMARTS) is 1. The molecule has 2 atom stereocenters. The van der Waals surface area contributed by atoms with Gasteiger partial charge >= 0.3 is 12.1 Å². The van der Waals surface area contributed by atoms with E-state index in [-0.39, 0.29) is 31.3 Å². The SMILES string of the molecule is CCC1CCCN(C(=O)C(CCC(=O)O)NC(=O)OCC2c3ccccc3-c3ccccc32)C1. The van der Waals surface area contributed by atoms with Crippen LogP contribution in [0.25, 0.3) is 11.1 Å². The van der Waals surface area contributed by atoms with Crippen LogP contribution in [0.4, 0.5) is 4.79 Å². The van der Waals surface area contributed by atoms with E-state index in [2.05, 4.69) is 24.4 Å². The molecule has 2 aliphatic rings. The Morgan fingerprint density at radius 3 is 2.35 bits per heavy atom. The Labute approximate surface area is 200 Å². The number of hydrogen-bond acceptors (Lipinski definition) is 4. The fourth-order valence-electron chi connectivity index (χ4n) is 5.13. The van der Waals surface area contributed by atoms with E-state index in [0.29, 0.717) is 19.0 Å². The molecule has 34 heavy (non-hydrogen) atoms. The van der Waals surface area contributed by atoms with Crippen LogP contribution >= 0.6 is 0 Å². The van der Waals surface area contributed by atoms with Crippen molar-refractivity contribution in [3.05, 3.63) is 59.7 Å². The summed E-state index contributed by atoms with van der Waals surface area (Å²) in [5.41, 5.74) is 4.48. The van der Waals surface area contributed by atoms with Gasteiger partial charge in [0.25, 0.3) is 0 Å². The van der Waals surface area contributed by atoms with E-state index in [1.165, 1.54) is 0 Å². The number of amides is 2. The number of hydrogen-bond donors (Lipinski definition) is 2. The number of carboxylic acids is 1. The fourth-order valence-corrected chi connectivity index (χ4v) is 5.13. The average Bonchev–Trinajstić information content (AvgIpc) is 3.18. The molecule has 4 rings (SSSR count). The molecule has 0 bridgehead atoms. The first kappa shape index (κ1) is 23.8. The van der Waals surface area contributed by atoms with Gasteiger partial charge in [0.15, 0.2) is 0 Å². The zero-order chi connectivity index (χ0) is 24.1. The molecule has 1 fully saturated rings. The lowest BCUT2D eigenvalue weighted by atomic mass is 9.95. The molecule has 1 saturated heterocycles. The highest BCUT2D eigenvalue weighted by Crippen LogP contribution is 2.44. The number of likely N-dealkylation sites (tertiary alicyclic amines) is 1. The van der Waals surface area contributed by atoms with E-state index in [4.69, 9.17) is 9.84 Å².